The van der Waals surface area contributed by atoms with Crippen molar-refractivity contribution in [3.63, 3.8) is 0 Å². The predicted molar refractivity (Wildman–Crippen MR) is 77.5 cm³/mol. The highest BCUT2D eigenvalue weighted by Gasteiger charge is 2.02. The maximum Gasteiger partial charge on any atom is 0.305 e. The molecule has 0 saturated heterocycles. The van der Waals surface area contributed by atoms with Crippen molar-refractivity contribution in [3.05, 3.63) is 43.2 Å². The zero-order valence-electron chi connectivity index (χ0n) is 11.8. The van der Waals surface area contributed by atoms with E-state index in [2.05, 4.69) is 6.58 Å². The number of esters is 1. The average Bonchev–Trinajstić information content (AvgIpc) is 2.48. The molecule has 0 atom stereocenters. The van der Waals surface area contributed by atoms with Gasteiger partial charge in [0.1, 0.15) is 19.0 Å². The first-order valence-corrected chi connectivity index (χ1v) is 6.89. The van der Waals surface area contributed by atoms with E-state index in [9.17, 15) is 4.79 Å². The van der Waals surface area contributed by atoms with Gasteiger partial charge in [0.2, 0.25) is 0 Å². The number of unbranched alkanes of at least 4 members (excludes halogenated alkanes) is 2. The van der Waals surface area contributed by atoms with Gasteiger partial charge in [-0.1, -0.05) is 24.8 Å². The molecule has 0 spiro atoms. The first kappa shape index (κ1) is 16.1. The van der Waals surface area contributed by atoms with E-state index in [1.807, 2.05) is 30.3 Å². The number of ether oxygens (including phenoxy) is 3. The van der Waals surface area contributed by atoms with Crippen LogP contribution in [0.1, 0.15) is 25.7 Å². The molecule has 0 heterocycles. The fraction of sp³-hybridized carbons (Fsp3) is 0.438. The Hall–Kier alpha value is -1.97. The lowest BCUT2D eigenvalue weighted by molar-refractivity contribution is -0.144. The van der Waals surface area contributed by atoms with Crippen molar-refractivity contribution in [2.24, 2.45) is 0 Å². The summed E-state index contributed by atoms with van der Waals surface area (Å²) >= 11 is 0. The van der Waals surface area contributed by atoms with Gasteiger partial charge in [0.25, 0.3) is 0 Å². The van der Waals surface area contributed by atoms with Gasteiger partial charge in [-0.2, -0.15) is 0 Å². The van der Waals surface area contributed by atoms with E-state index >= 15 is 0 Å². The molecule has 0 fully saturated rings. The van der Waals surface area contributed by atoms with Crippen LogP contribution in [0.5, 0.6) is 5.75 Å². The number of rotatable bonds is 11. The van der Waals surface area contributed by atoms with Gasteiger partial charge in [-0.25, -0.2) is 0 Å². The molecule has 4 nitrogen and oxygen atoms in total. The maximum atomic E-state index is 11.3. The van der Waals surface area contributed by atoms with Crippen LogP contribution < -0.4 is 4.74 Å². The lowest BCUT2D eigenvalue weighted by Crippen LogP contribution is -2.09. The van der Waals surface area contributed by atoms with Gasteiger partial charge in [0, 0.05) is 6.42 Å². The predicted octanol–water partition coefficient (Wildman–Crippen LogP) is 3.33. The SMILES string of the molecule is C=COCCOC(=O)CCCCCOc1ccccc1. The lowest BCUT2D eigenvalue weighted by atomic mass is 10.2. The van der Waals surface area contributed by atoms with Crippen LogP contribution in [0.2, 0.25) is 0 Å². The normalized spacial score (nSPS) is 9.80. The Morgan fingerprint density at radius 3 is 2.60 bits per heavy atom. The monoisotopic (exact) mass is 278 g/mol. The van der Waals surface area contributed by atoms with Crippen LogP contribution in [-0.4, -0.2) is 25.8 Å². The number of carbonyl (C=O) groups excluding carboxylic acids is 1. The van der Waals surface area contributed by atoms with Crippen molar-refractivity contribution in [2.45, 2.75) is 25.7 Å². The molecule has 0 radical (unpaired) electrons. The van der Waals surface area contributed by atoms with Crippen molar-refractivity contribution in [1.29, 1.82) is 0 Å². The molecule has 0 aliphatic carbocycles. The molecule has 20 heavy (non-hydrogen) atoms. The molecule has 4 heteroatoms. The number of benzene rings is 1. The molecule has 0 saturated carbocycles. The Bertz CT molecular complexity index is 375. The van der Waals surface area contributed by atoms with Crippen LogP contribution in [0.4, 0.5) is 0 Å². The van der Waals surface area contributed by atoms with E-state index in [-0.39, 0.29) is 12.6 Å². The van der Waals surface area contributed by atoms with E-state index in [0.717, 1.165) is 25.0 Å². The largest absolute Gasteiger partial charge is 0.498 e. The van der Waals surface area contributed by atoms with Crippen LogP contribution in [0, 0.1) is 0 Å². The van der Waals surface area contributed by atoms with Crippen LogP contribution in [-0.2, 0) is 14.3 Å². The Balaban J connectivity index is 1.91. The fourth-order valence-electron chi connectivity index (χ4n) is 1.61. The number of carbonyl (C=O) groups is 1. The van der Waals surface area contributed by atoms with Crippen LogP contribution in [0.25, 0.3) is 0 Å². The summed E-state index contributed by atoms with van der Waals surface area (Å²) in [6.45, 7) is 4.72. The zero-order valence-corrected chi connectivity index (χ0v) is 11.8. The molecule has 0 N–H and O–H groups in total. The molecule has 0 aromatic heterocycles. The summed E-state index contributed by atoms with van der Waals surface area (Å²) in [6, 6.07) is 9.72. The topological polar surface area (TPSA) is 44.8 Å². The smallest absolute Gasteiger partial charge is 0.305 e. The first-order chi connectivity index (χ1) is 9.83. The molecule has 0 bridgehead atoms. The van der Waals surface area contributed by atoms with Crippen molar-refractivity contribution in [2.75, 3.05) is 19.8 Å². The quantitative estimate of drug-likeness (QED) is 0.354. The first-order valence-electron chi connectivity index (χ1n) is 6.89. The summed E-state index contributed by atoms with van der Waals surface area (Å²) in [7, 11) is 0. The van der Waals surface area contributed by atoms with Gasteiger partial charge in [0.05, 0.1) is 12.9 Å². The highest BCUT2D eigenvalue weighted by atomic mass is 16.6. The summed E-state index contributed by atoms with van der Waals surface area (Å²) in [6.07, 6.45) is 4.48. The molecule has 1 aromatic rings. The molecule has 1 aromatic carbocycles. The Labute approximate surface area is 120 Å². The molecule has 1 rings (SSSR count). The highest BCUT2D eigenvalue weighted by Crippen LogP contribution is 2.09. The van der Waals surface area contributed by atoms with E-state index in [4.69, 9.17) is 14.2 Å². The molecule has 0 amide bonds. The molecule has 0 aliphatic heterocycles. The van der Waals surface area contributed by atoms with E-state index < -0.39 is 0 Å². The van der Waals surface area contributed by atoms with E-state index in [1.165, 1.54) is 6.26 Å². The zero-order chi connectivity index (χ0) is 14.5. The second-order valence-corrected chi connectivity index (χ2v) is 4.23. The van der Waals surface area contributed by atoms with E-state index in [0.29, 0.717) is 19.6 Å². The minimum absolute atomic E-state index is 0.179. The number of hydrogen-bond donors (Lipinski definition) is 0. The summed E-state index contributed by atoms with van der Waals surface area (Å²) in [5.41, 5.74) is 0. The van der Waals surface area contributed by atoms with Crippen molar-refractivity contribution >= 4 is 5.97 Å². The Kier molecular flexibility index (Phi) is 8.77. The second kappa shape index (κ2) is 10.9. The van der Waals surface area contributed by atoms with Crippen LogP contribution in [0.3, 0.4) is 0 Å². The third-order valence-electron chi connectivity index (χ3n) is 2.62. The van der Waals surface area contributed by atoms with Gasteiger partial charge in [0.15, 0.2) is 0 Å². The van der Waals surface area contributed by atoms with Gasteiger partial charge in [-0.3, -0.25) is 4.79 Å². The Morgan fingerprint density at radius 1 is 1.05 bits per heavy atom. The van der Waals surface area contributed by atoms with Crippen molar-refractivity contribution < 1.29 is 19.0 Å². The Morgan fingerprint density at radius 2 is 1.85 bits per heavy atom. The van der Waals surface area contributed by atoms with Gasteiger partial charge < -0.3 is 14.2 Å². The minimum Gasteiger partial charge on any atom is -0.498 e. The summed E-state index contributed by atoms with van der Waals surface area (Å²) in [5.74, 6) is 0.704. The standard InChI is InChI=1S/C16H22O4/c1-2-18-13-14-20-16(17)11-7-4-8-12-19-15-9-5-3-6-10-15/h2-3,5-6,9-10H,1,4,7-8,11-14H2. The minimum atomic E-state index is -0.179. The van der Waals surface area contributed by atoms with Crippen LogP contribution >= 0.6 is 0 Å². The van der Waals surface area contributed by atoms with E-state index in [1.54, 1.807) is 0 Å². The molecule has 110 valence electrons. The van der Waals surface area contributed by atoms with Crippen molar-refractivity contribution in [3.8, 4) is 5.75 Å². The highest BCUT2D eigenvalue weighted by molar-refractivity contribution is 5.69. The van der Waals surface area contributed by atoms with Gasteiger partial charge in [-0.15, -0.1) is 0 Å². The summed E-state index contributed by atoms with van der Waals surface area (Å²) in [5, 5.41) is 0. The van der Waals surface area contributed by atoms with Crippen LogP contribution in [0.15, 0.2) is 43.2 Å². The molecule has 0 unspecified atom stereocenters. The van der Waals surface area contributed by atoms with Gasteiger partial charge >= 0.3 is 5.97 Å². The fourth-order valence-corrected chi connectivity index (χ4v) is 1.61. The number of hydrogen-bond acceptors (Lipinski definition) is 4. The molecular formula is C16H22O4. The maximum absolute atomic E-state index is 11.3. The average molecular weight is 278 g/mol. The summed E-state index contributed by atoms with van der Waals surface area (Å²) < 4.78 is 15.4. The molecule has 0 aliphatic rings. The third-order valence-corrected chi connectivity index (χ3v) is 2.62. The second-order valence-electron chi connectivity index (χ2n) is 4.23. The van der Waals surface area contributed by atoms with Gasteiger partial charge in [-0.05, 0) is 31.4 Å². The molecular weight excluding hydrogens is 256 g/mol. The van der Waals surface area contributed by atoms with Crippen molar-refractivity contribution in [1.82, 2.24) is 0 Å². The lowest BCUT2D eigenvalue weighted by Gasteiger charge is -2.06. The number of para-hydroxylation sites is 1. The summed E-state index contributed by atoms with van der Waals surface area (Å²) in [4.78, 5) is 11.3. The third kappa shape index (κ3) is 8.19.